The summed E-state index contributed by atoms with van der Waals surface area (Å²) < 4.78 is 0. The Morgan fingerprint density at radius 3 is 2.82 bits per heavy atom. The van der Waals surface area contributed by atoms with Crippen LogP contribution in [-0.2, 0) is 16.0 Å². The Morgan fingerprint density at radius 1 is 1.29 bits per heavy atom. The molecule has 1 unspecified atom stereocenters. The SMILES string of the molecule is Cc1ccccc1CCN1CCCC(CN(C)C(=O)C2=NN(C)C(=O)CC2)C1. The topological polar surface area (TPSA) is 56.2 Å². The van der Waals surface area contributed by atoms with Crippen LogP contribution in [-0.4, -0.2) is 72.6 Å². The van der Waals surface area contributed by atoms with Crippen LogP contribution in [0.4, 0.5) is 0 Å². The van der Waals surface area contributed by atoms with E-state index >= 15 is 0 Å². The summed E-state index contributed by atoms with van der Waals surface area (Å²) in [5.74, 6) is 0.412. The summed E-state index contributed by atoms with van der Waals surface area (Å²) in [7, 11) is 3.47. The first kappa shape index (κ1) is 20.5. The summed E-state index contributed by atoms with van der Waals surface area (Å²) in [6, 6.07) is 8.59. The lowest BCUT2D eigenvalue weighted by Crippen LogP contribution is -2.44. The van der Waals surface area contributed by atoms with Crippen molar-refractivity contribution in [3.8, 4) is 0 Å². The predicted molar refractivity (Wildman–Crippen MR) is 111 cm³/mol. The van der Waals surface area contributed by atoms with Crippen LogP contribution < -0.4 is 0 Å². The number of hydrogen-bond acceptors (Lipinski definition) is 4. The summed E-state index contributed by atoms with van der Waals surface area (Å²) in [5.41, 5.74) is 3.28. The summed E-state index contributed by atoms with van der Waals surface area (Å²) in [5, 5.41) is 5.45. The molecule has 2 aliphatic rings. The molecular formula is C22H32N4O2. The van der Waals surface area contributed by atoms with Crippen molar-refractivity contribution in [2.75, 3.05) is 40.3 Å². The van der Waals surface area contributed by atoms with Gasteiger partial charge in [-0.1, -0.05) is 24.3 Å². The molecule has 0 radical (unpaired) electrons. The van der Waals surface area contributed by atoms with Gasteiger partial charge in [0.15, 0.2) is 0 Å². The van der Waals surface area contributed by atoms with Gasteiger partial charge in [0.25, 0.3) is 5.91 Å². The second kappa shape index (κ2) is 9.32. The third kappa shape index (κ3) is 5.19. The van der Waals surface area contributed by atoms with Crippen LogP contribution in [0.25, 0.3) is 0 Å². The van der Waals surface area contributed by atoms with Crippen LogP contribution >= 0.6 is 0 Å². The number of likely N-dealkylation sites (tertiary alicyclic amines) is 1. The Bertz CT molecular complexity index is 746. The Labute approximate surface area is 168 Å². The van der Waals surface area contributed by atoms with Gasteiger partial charge in [-0.25, -0.2) is 5.01 Å². The maximum atomic E-state index is 12.7. The van der Waals surface area contributed by atoms with E-state index in [0.717, 1.165) is 39.0 Å². The van der Waals surface area contributed by atoms with Crippen LogP contribution in [0.5, 0.6) is 0 Å². The molecule has 3 rings (SSSR count). The second-order valence-electron chi connectivity index (χ2n) is 8.14. The normalized spacial score (nSPS) is 20.8. The number of benzene rings is 1. The van der Waals surface area contributed by atoms with Gasteiger partial charge >= 0.3 is 0 Å². The Balaban J connectivity index is 1.50. The quantitative estimate of drug-likeness (QED) is 0.756. The number of carbonyl (C=O) groups excluding carboxylic acids is 2. The third-order valence-electron chi connectivity index (χ3n) is 5.89. The molecule has 0 spiro atoms. The molecule has 1 fully saturated rings. The number of nitrogens with zero attached hydrogens (tertiary/aromatic N) is 4. The van der Waals surface area contributed by atoms with E-state index in [0.29, 0.717) is 24.5 Å². The van der Waals surface area contributed by atoms with Gasteiger partial charge in [0.2, 0.25) is 5.91 Å². The molecule has 0 aliphatic carbocycles. The average molecular weight is 385 g/mol. The highest BCUT2D eigenvalue weighted by molar-refractivity contribution is 6.39. The number of hydrazone groups is 1. The van der Waals surface area contributed by atoms with Gasteiger partial charge in [-0.2, -0.15) is 5.10 Å². The maximum absolute atomic E-state index is 12.7. The smallest absolute Gasteiger partial charge is 0.269 e. The van der Waals surface area contributed by atoms with E-state index in [1.807, 2.05) is 7.05 Å². The fourth-order valence-electron chi connectivity index (χ4n) is 4.19. The number of aryl methyl sites for hydroxylation is 1. The molecule has 1 atom stereocenters. The minimum absolute atomic E-state index is 0.0317. The van der Waals surface area contributed by atoms with Crippen LogP contribution in [0.1, 0.15) is 36.8 Å². The summed E-state index contributed by atoms with van der Waals surface area (Å²) in [4.78, 5) is 28.6. The average Bonchev–Trinajstić information content (AvgIpc) is 2.69. The minimum atomic E-state index is -0.0450. The fourth-order valence-corrected chi connectivity index (χ4v) is 4.19. The minimum Gasteiger partial charge on any atom is -0.340 e. The zero-order chi connectivity index (χ0) is 20.1. The monoisotopic (exact) mass is 384 g/mol. The second-order valence-corrected chi connectivity index (χ2v) is 8.14. The van der Waals surface area contributed by atoms with Crippen molar-refractivity contribution in [2.24, 2.45) is 11.0 Å². The Morgan fingerprint density at radius 2 is 2.07 bits per heavy atom. The summed E-state index contributed by atoms with van der Waals surface area (Å²) in [6.45, 7) is 6.16. The first-order chi connectivity index (χ1) is 13.4. The van der Waals surface area contributed by atoms with Crippen molar-refractivity contribution in [1.82, 2.24) is 14.8 Å². The van der Waals surface area contributed by atoms with Gasteiger partial charge in [0.1, 0.15) is 5.71 Å². The maximum Gasteiger partial charge on any atom is 0.269 e. The van der Waals surface area contributed by atoms with Gasteiger partial charge in [-0.15, -0.1) is 0 Å². The van der Waals surface area contributed by atoms with Crippen molar-refractivity contribution in [1.29, 1.82) is 0 Å². The van der Waals surface area contributed by atoms with Gasteiger partial charge in [-0.05, 0) is 49.8 Å². The molecule has 6 heteroatoms. The molecule has 2 aliphatic heterocycles. The first-order valence-corrected chi connectivity index (χ1v) is 10.3. The highest BCUT2D eigenvalue weighted by atomic mass is 16.2. The molecule has 0 aromatic heterocycles. The molecule has 0 N–H and O–H groups in total. The van der Waals surface area contributed by atoms with E-state index in [1.54, 1.807) is 11.9 Å². The molecule has 152 valence electrons. The molecule has 0 bridgehead atoms. The number of amides is 2. The lowest BCUT2D eigenvalue weighted by Gasteiger charge is -2.35. The predicted octanol–water partition coefficient (Wildman–Crippen LogP) is 2.32. The zero-order valence-electron chi connectivity index (χ0n) is 17.4. The van der Waals surface area contributed by atoms with Gasteiger partial charge < -0.3 is 9.80 Å². The van der Waals surface area contributed by atoms with Crippen LogP contribution in [0.3, 0.4) is 0 Å². The fraction of sp³-hybridized carbons (Fsp3) is 0.591. The van der Waals surface area contributed by atoms with Crippen molar-refractivity contribution in [2.45, 2.75) is 39.0 Å². The lowest BCUT2D eigenvalue weighted by molar-refractivity contribution is -0.130. The molecule has 2 amide bonds. The van der Waals surface area contributed by atoms with Gasteiger partial charge in [0, 0.05) is 46.6 Å². The number of hydrogen-bond donors (Lipinski definition) is 0. The molecule has 0 saturated carbocycles. The van der Waals surface area contributed by atoms with Gasteiger partial charge in [-0.3, -0.25) is 9.59 Å². The van der Waals surface area contributed by atoms with E-state index < -0.39 is 0 Å². The lowest BCUT2D eigenvalue weighted by atomic mass is 9.96. The molecule has 1 saturated heterocycles. The van der Waals surface area contributed by atoms with E-state index in [1.165, 1.54) is 22.6 Å². The van der Waals surface area contributed by atoms with Crippen molar-refractivity contribution >= 4 is 17.5 Å². The number of piperidine rings is 1. The molecule has 6 nitrogen and oxygen atoms in total. The van der Waals surface area contributed by atoms with Gasteiger partial charge in [0.05, 0.1) is 0 Å². The van der Waals surface area contributed by atoms with Crippen LogP contribution in [0.15, 0.2) is 29.4 Å². The zero-order valence-corrected chi connectivity index (χ0v) is 17.4. The Hall–Kier alpha value is -2.21. The standard InChI is InChI=1S/C22H32N4O2/c1-17-7-4-5-9-19(17)12-14-26-13-6-8-18(16-26)15-24(2)22(28)20-10-11-21(27)25(3)23-20/h4-5,7,9,18H,6,8,10-16H2,1-3H3. The molecule has 1 aromatic carbocycles. The molecular weight excluding hydrogens is 352 g/mol. The van der Waals surface area contributed by atoms with Crippen molar-refractivity contribution in [3.63, 3.8) is 0 Å². The largest absolute Gasteiger partial charge is 0.340 e. The van der Waals surface area contributed by atoms with Crippen molar-refractivity contribution in [3.05, 3.63) is 35.4 Å². The molecule has 1 aromatic rings. The highest BCUT2D eigenvalue weighted by Crippen LogP contribution is 2.19. The Kier molecular flexibility index (Phi) is 6.83. The van der Waals surface area contributed by atoms with E-state index in [9.17, 15) is 9.59 Å². The first-order valence-electron chi connectivity index (χ1n) is 10.3. The number of carbonyl (C=O) groups is 2. The summed E-state index contributed by atoms with van der Waals surface area (Å²) >= 11 is 0. The van der Waals surface area contributed by atoms with E-state index in [-0.39, 0.29) is 11.8 Å². The number of rotatable bonds is 6. The summed E-state index contributed by atoms with van der Waals surface area (Å²) in [6.07, 6.45) is 4.22. The highest BCUT2D eigenvalue weighted by Gasteiger charge is 2.27. The van der Waals surface area contributed by atoms with E-state index in [4.69, 9.17) is 0 Å². The van der Waals surface area contributed by atoms with E-state index in [2.05, 4.69) is 41.2 Å². The van der Waals surface area contributed by atoms with Crippen LogP contribution in [0, 0.1) is 12.8 Å². The van der Waals surface area contributed by atoms with Crippen molar-refractivity contribution < 1.29 is 9.59 Å². The molecule has 2 heterocycles. The van der Waals surface area contributed by atoms with Crippen LogP contribution in [0.2, 0.25) is 0 Å². The third-order valence-corrected chi connectivity index (χ3v) is 5.89. The molecule has 28 heavy (non-hydrogen) atoms.